The average Bonchev–Trinajstić information content (AvgIpc) is 2.45. The molecule has 5 heteroatoms. The van der Waals surface area contributed by atoms with Crippen molar-refractivity contribution in [2.75, 3.05) is 21.2 Å². The van der Waals surface area contributed by atoms with Crippen molar-refractivity contribution in [3.63, 3.8) is 0 Å². The Labute approximate surface area is 89.4 Å². The summed E-state index contributed by atoms with van der Waals surface area (Å²) in [6.07, 6.45) is 0. The zero-order valence-corrected chi connectivity index (χ0v) is 10.0. The number of carbonyl (C=O) groups excluding carboxylic acids is 1. The van der Waals surface area contributed by atoms with Crippen molar-refractivity contribution in [2.45, 2.75) is 0 Å². The highest BCUT2D eigenvalue weighted by Crippen LogP contribution is 2.34. The van der Waals surface area contributed by atoms with Crippen LogP contribution in [0.2, 0.25) is 0 Å². The first-order valence-electron chi connectivity index (χ1n) is 3.61. The first-order valence-corrected chi connectivity index (χ1v) is 5.22. The van der Waals surface area contributed by atoms with Crippen LogP contribution in [-0.4, -0.2) is 32.0 Å². The van der Waals surface area contributed by atoms with E-state index in [1.807, 2.05) is 0 Å². The summed E-state index contributed by atoms with van der Waals surface area (Å²) in [4.78, 5) is 13.7. The number of carbonyl (C=O) groups is 1. The van der Waals surface area contributed by atoms with Crippen LogP contribution in [0.5, 0.6) is 5.75 Å². The van der Waals surface area contributed by atoms with Crippen molar-refractivity contribution in [2.24, 2.45) is 0 Å². The van der Waals surface area contributed by atoms with Crippen LogP contribution in [0, 0.1) is 0 Å². The standard InChI is InChI=1S/C8H10BrNO2S/c1-10(2)8(11)6-4-5(12-3)7(9)13-6/h4H,1-3H3. The van der Waals surface area contributed by atoms with Gasteiger partial charge in [0.1, 0.15) is 9.54 Å². The van der Waals surface area contributed by atoms with Crippen LogP contribution in [0.4, 0.5) is 0 Å². The van der Waals surface area contributed by atoms with Gasteiger partial charge in [-0.15, -0.1) is 11.3 Å². The molecule has 0 unspecified atom stereocenters. The van der Waals surface area contributed by atoms with E-state index < -0.39 is 0 Å². The molecule has 1 heterocycles. The third kappa shape index (κ3) is 2.22. The lowest BCUT2D eigenvalue weighted by atomic mass is 10.4. The molecule has 72 valence electrons. The average molecular weight is 264 g/mol. The topological polar surface area (TPSA) is 29.5 Å². The number of ether oxygens (including phenoxy) is 1. The maximum Gasteiger partial charge on any atom is 0.263 e. The smallest absolute Gasteiger partial charge is 0.263 e. The first-order chi connectivity index (χ1) is 6.06. The second-order valence-corrected chi connectivity index (χ2v) is 5.02. The van der Waals surface area contributed by atoms with E-state index in [-0.39, 0.29) is 5.91 Å². The second kappa shape index (κ2) is 4.11. The molecule has 0 saturated heterocycles. The van der Waals surface area contributed by atoms with Crippen molar-refractivity contribution >= 4 is 33.2 Å². The number of methoxy groups -OCH3 is 1. The lowest BCUT2D eigenvalue weighted by molar-refractivity contribution is 0.0832. The Morgan fingerprint density at radius 3 is 2.62 bits per heavy atom. The van der Waals surface area contributed by atoms with Crippen molar-refractivity contribution in [3.05, 3.63) is 14.7 Å². The van der Waals surface area contributed by atoms with Crippen LogP contribution in [0.1, 0.15) is 9.67 Å². The third-order valence-electron chi connectivity index (χ3n) is 1.49. The molecule has 0 aliphatic heterocycles. The number of rotatable bonds is 2. The molecule has 0 radical (unpaired) electrons. The molecule has 1 aromatic heterocycles. The van der Waals surface area contributed by atoms with Crippen LogP contribution < -0.4 is 4.74 Å². The summed E-state index contributed by atoms with van der Waals surface area (Å²) in [5.74, 6) is 0.698. The molecule has 13 heavy (non-hydrogen) atoms. The molecule has 1 rings (SSSR count). The van der Waals surface area contributed by atoms with Crippen LogP contribution in [0.15, 0.2) is 9.85 Å². The molecule has 0 atom stereocenters. The number of nitrogens with zero attached hydrogens (tertiary/aromatic N) is 1. The Morgan fingerprint density at radius 2 is 2.23 bits per heavy atom. The van der Waals surface area contributed by atoms with E-state index in [4.69, 9.17) is 4.74 Å². The molecule has 0 saturated carbocycles. The molecule has 0 fully saturated rings. The minimum atomic E-state index is -0.00556. The molecule has 0 aliphatic carbocycles. The monoisotopic (exact) mass is 263 g/mol. The van der Waals surface area contributed by atoms with Crippen LogP contribution in [0.3, 0.4) is 0 Å². The van der Waals surface area contributed by atoms with Gasteiger partial charge in [-0.1, -0.05) is 0 Å². The summed E-state index contributed by atoms with van der Waals surface area (Å²) in [5, 5.41) is 0. The van der Waals surface area contributed by atoms with Gasteiger partial charge in [-0.25, -0.2) is 0 Å². The van der Waals surface area contributed by atoms with Gasteiger partial charge in [0.2, 0.25) is 0 Å². The number of halogens is 1. The molecular formula is C8H10BrNO2S. The Bertz CT molecular complexity index is 322. The lowest BCUT2D eigenvalue weighted by Gasteiger charge is -2.06. The van der Waals surface area contributed by atoms with E-state index in [0.29, 0.717) is 10.6 Å². The zero-order chi connectivity index (χ0) is 10.0. The minimum Gasteiger partial charge on any atom is -0.495 e. The van der Waals surface area contributed by atoms with Crippen molar-refractivity contribution in [1.29, 1.82) is 0 Å². The molecule has 0 aliphatic rings. The SMILES string of the molecule is COc1cc(C(=O)N(C)C)sc1Br. The lowest BCUT2D eigenvalue weighted by Crippen LogP contribution is -2.20. The van der Waals surface area contributed by atoms with Gasteiger partial charge in [-0.3, -0.25) is 4.79 Å². The van der Waals surface area contributed by atoms with Crippen molar-refractivity contribution < 1.29 is 9.53 Å². The molecule has 0 N–H and O–H groups in total. The van der Waals surface area contributed by atoms with Crippen molar-refractivity contribution in [1.82, 2.24) is 4.90 Å². The summed E-state index contributed by atoms with van der Waals surface area (Å²) in [6.45, 7) is 0. The van der Waals surface area contributed by atoms with Gasteiger partial charge in [-0.2, -0.15) is 0 Å². The van der Waals surface area contributed by atoms with Crippen LogP contribution >= 0.6 is 27.3 Å². The fourth-order valence-corrected chi connectivity index (χ4v) is 2.49. The van der Waals surface area contributed by atoms with Gasteiger partial charge >= 0.3 is 0 Å². The number of amides is 1. The van der Waals surface area contributed by atoms with Gasteiger partial charge in [0, 0.05) is 20.2 Å². The van der Waals surface area contributed by atoms with Crippen LogP contribution in [0.25, 0.3) is 0 Å². The zero-order valence-electron chi connectivity index (χ0n) is 7.63. The van der Waals surface area contributed by atoms with Gasteiger partial charge in [0.15, 0.2) is 0 Å². The Morgan fingerprint density at radius 1 is 1.62 bits per heavy atom. The molecule has 0 aromatic carbocycles. The number of thiophene rings is 1. The Hall–Kier alpha value is -0.550. The van der Waals surface area contributed by atoms with Gasteiger partial charge in [-0.05, 0) is 15.9 Å². The minimum absolute atomic E-state index is 0.00556. The summed E-state index contributed by atoms with van der Waals surface area (Å²) >= 11 is 4.69. The quantitative estimate of drug-likeness (QED) is 0.819. The van der Waals surface area contributed by atoms with Gasteiger partial charge < -0.3 is 9.64 Å². The molecule has 0 bridgehead atoms. The van der Waals surface area contributed by atoms with E-state index >= 15 is 0 Å². The van der Waals surface area contributed by atoms with Gasteiger partial charge in [0.25, 0.3) is 5.91 Å². The third-order valence-corrected chi connectivity index (χ3v) is 3.26. The molecule has 1 aromatic rings. The van der Waals surface area contributed by atoms with E-state index in [9.17, 15) is 4.79 Å². The summed E-state index contributed by atoms with van der Waals surface area (Å²) < 4.78 is 5.90. The van der Waals surface area contributed by atoms with E-state index in [2.05, 4.69) is 15.9 Å². The fourth-order valence-electron chi connectivity index (χ4n) is 0.817. The van der Waals surface area contributed by atoms with Gasteiger partial charge in [0.05, 0.1) is 12.0 Å². The Balaban J connectivity index is 2.97. The molecule has 1 amide bonds. The van der Waals surface area contributed by atoms with E-state index in [1.165, 1.54) is 16.2 Å². The largest absolute Gasteiger partial charge is 0.495 e. The van der Waals surface area contributed by atoms with E-state index in [1.54, 1.807) is 27.3 Å². The maximum absolute atomic E-state index is 11.5. The summed E-state index contributed by atoms with van der Waals surface area (Å²) in [5.41, 5.74) is 0. The van der Waals surface area contributed by atoms with E-state index in [0.717, 1.165) is 3.79 Å². The predicted octanol–water partition coefficient (Wildman–Crippen LogP) is 2.22. The van der Waals surface area contributed by atoms with Crippen LogP contribution in [-0.2, 0) is 0 Å². The summed E-state index contributed by atoms with van der Waals surface area (Å²) in [6, 6.07) is 1.73. The highest BCUT2D eigenvalue weighted by atomic mass is 79.9. The normalized spacial score (nSPS) is 9.85. The molecular weight excluding hydrogens is 254 g/mol. The van der Waals surface area contributed by atoms with Crippen molar-refractivity contribution in [3.8, 4) is 5.75 Å². The molecule has 0 spiro atoms. The fraction of sp³-hybridized carbons (Fsp3) is 0.375. The second-order valence-electron chi connectivity index (χ2n) is 2.65. The highest BCUT2D eigenvalue weighted by molar-refractivity contribution is 9.11. The summed E-state index contributed by atoms with van der Waals surface area (Å²) in [7, 11) is 5.03. The Kier molecular flexibility index (Phi) is 3.33. The number of hydrogen-bond acceptors (Lipinski definition) is 3. The highest BCUT2D eigenvalue weighted by Gasteiger charge is 2.14. The maximum atomic E-state index is 11.5. The number of hydrogen-bond donors (Lipinski definition) is 0. The predicted molar refractivity (Wildman–Crippen MR) is 56.6 cm³/mol. The first kappa shape index (κ1) is 10.5. The molecule has 3 nitrogen and oxygen atoms in total.